The van der Waals surface area contributed by atoms with Crippen LogP contribution in [0.5, 0.6) is 0 Å². The SMILES string of the molecule is C[Si](C)(C)C1=CCC(N(c2ccccc2)c2cc3c(c4ccccc24)-c2ccc(N(c4ccccc4)c4ccc([Si](C)(C)C)cc4)cc2C32c3ccccc3-c3ccccc32)C=C1. The van der Waals surface area contributed by atoms with Crippen molar-refractivity contribution in [3.63, 3.8) is 0 Å². The zero-order valence-electron chi connectivity index (χ0n) is 37.2. The Hall–Kier alpha value is -6.47. The summed E-state index contributed by atoms with van der Waals surface area (Å²) in [6, 6.07) is 69.1. The normalized spacial score (nSPS) is 15.7. The summed E-state index contributed by atoms with van der Waals surface area (Å²) in [5.74, 6) is 0. The number of allylic oxidation sites excluding steroid dienone is 2. The van der Waals surface area contributed by atoms with E-state index in [0.29, 0.717) is 0 Å². The Morgan fingerprint density at radius 1 is 0.460 bits per heavy atom. The maximum atomic E-state index is 2.63. The molecular formula is C59H54N2Si2. The zero-order chi connectivity index (χ0) is 43.1. The molecule has 308 valence electrons. The van der Waals surface area contributed by atoms with Crippen LogP contribution in [0.2, 0.25) is 39.3 Å². The third kappa shape index (κ3) is 6.25. The zero-order valence-corrected chi connectivity index (χ0v) is 39.2. The highest BCUT2D eigenvalue weighted by molar-refractivity contribution is 6.88. The van der Waals surface area contributed by atoms with E-state index >= 15 is 0 Å². The largest absolute Gasteiger partial charge is 0.334 e. The molecule has 0 aromatic heterocycles. The second kappa shape index (κ2) is 14.8. The molecule has 0 aliphatic heterocycles. The summed E-state index contributed by atoms with van der Waals surface area (Å²) in [6.45, 7) is 14.6. The van der Waals surface area contributed by atoms with Crippen molar-refractivity contribution in [2.75, 3.05) is 9.80 Å². The van der Waals surface area contributed by atoms with Crippen LogP contribution in [0.3, 0.4) is 0 Å². The molecule has 0 fully saturated rings. The van der Waals surface area contributed by atoms with Crippen LogP contribution in [0.1, 0.15) is 28.7 Å². The smallest absolute Gasteiger partial charge is 0.0775 e. The van der Waals surface area contributed by atoms with Crippen molar-refractivity contribution in [3.05, 3.63) is 228 Å². The maximum Gasteiger partial charge on any atom is 0.0775 e. The molecule has 2 nitrogen and oxygen atoms in total. The fraction of sp³-hybridized carbons (Fsp3) is 0.153. The highest BCUT2D eigenvalue weighted by Gasteiger charge is 2.53. The fourth-order valence-corrected chi connectivity index (χ4v) is 13.4. The van der Waals surface area contributed by atoms with Gasteiger partial charge in [0.25, 0.3) is 0 Å². The van der Waals surface area contributed by atoms with Crippen LogP contribution in [0, 0.1) is 0 Å². The van der Waals surface area contributed by atoms with E-state index < -0.39 is 21.6 Å². The third-order valence-electron chi connectivity index (χ3n) is 13.9. The van der Waals surface area contributed by atoms with Gasteiger partial charge in [0, 0.05) is 33.8 Å². The van der Waals surface area contributed by atoms with Crippen molar-refractivity contribution in [2.45, 2.75) is 57.2 Å². The first-order valence-corrected chi connectivity index (χ1v) is 29.6. The lowest BCUT2D eigenvalue weighted by molar-refractivity contribution is 0.775. The number of fused-ring (bicyclic) bond motifs is 12. The lowest BCUT2D eigenvalue weighted by Crippen LogP contribution is -2.37. The minimum Gasteiger partial charge on any atom is -0.334 e. The topological polar surface area (TPSA) is 6.48 Å². The number of hydrogen-bond donors (Lipinski definition) is 0. The van der Waals surface area contributed by atoms with Gasteiger partial charge in [-0.3, -0.25) is 0 Å². The first-order valence-electron chi connectivity index (χ1n) is 22.6. The van der Waals surface area contributed by atoms with Crippen molar-refractivity contribution in [3.8, 4) is 22.3 Å². The molecule has 3 aliphatic carbocycles. The van der Waals surface area contributed by atoms with Gasteiger partial charge in [-0.05, 0) is 111 Å². The van der Waals surface area contributed by atoms with E-state index in [1.807, 2.05) is 0 Å². The monoisotopic (exact) mass is 846 g/mol. The van der Waals surface area contributed by atoms with Gasteiger partial charge in [0.15, 0.2) is 0 Å². The van der Waals surface area contributed by atoms with Crippen LogP contribution in [0.15, 0.2) is 205 Å². The highest BCUT2D eigenvalue weighted by Crippen LogP contribution is 2.65. The molecule has 1 atom stereocenters. The van der Waals surface area contributed by atoms with Gasteiger partial charge >= 0.3 is 0 Å². The Labute approximate surface area is 375 Å². The van der Waals surface area contributed by atoms with Gasteiger partial charge in [-0.1, -0.05) is 195 Å². The van der Waals surface area contributed by atoms with Gasteiger partial charge in [0.2, 0.25) is 0 Å². The molecular weight excluding hydrogens is 793 g/mol. The molecule has 8 aromatic carbocycles. The lowest BCUT2D eigenvalue weighted by Gasteiger charge is -2.37. The van der Waals surface area contributed by atoms with Gasteiger partial charge in [0.05, 0.1) is 27.6 Å². The highest BCUT2D eigenvalue weighted by atomic mass is 28.3. The predicted molar refractivity (Wildman–Crippen MR) is 275 cm³/mol. The fourth-order valence-electron chi connectivity index (χ4n) is 10.9. The Bertz CT molecular complexity index is 3070. The maximum absolute atomic E-state index is 2.63. The van der Waals surface area contributed by atoms with Gasteiger partial charge < -0.3 is 9.80 Å². The summed E-state index contributed by atoms with van der Waals surface area (Å²) in [6.07, 6.45) is 8.41. The van der Waals surface area contributed by atoms with Crippen LogP contribution in [0.25, 0.3) is 33.0 Å². The van der Waals surface area contributed by atoms with Crippen molar-refractivity contribution in [2.24, 2.45) is 0 Å². The molecule has 4 heteroatoms. The molecule has 0 saturated heterocycles. The summed E-state index contributed by atoms with van der Waals surface area (Å²) in [7, 11) is -2.97. The van der Waals surface area contributed by atoms with E-state index in [1.165, 1.54) is 77.0 Å². The molecule has 0 amide bonds. The number of anilines is 5. The molecule has 63 heavy (non-hydrogen) atoms. The summed E-state index contributed by atoms with van der Waals surface area (Å²) in [5.41, 5.74) is 16.0. The van der Waals surface area contributed by atoms with Crippen molar-refractivity contribution >= 4 is 60.5 Å². The summed E-state index contributed by atoms with van der Waals surface area (Å²) < 4.78 is 0. The van der Waals surface area contributed by atoms with Crippen molar-refractivity contribution in [1.82, 2.24) is 0 Å². The lowest BCUT2D eigenvalue weighted by atomic mass is 9.70. The standard InChI is InChI=1S/C59H54N2Si2/c1-62(2,3)46-34-29-43(30-35-46)60(41-19-9-7-10-20-41)45-33-38-52-55(39-45)59(53-27-17-15-23-48(53)49-24-16-18-28-54(49)59)56-40-57(50-25-13-14-26-51(50)58(52)56)61(42-21-11-8-12-22-42)44-31-36-47(37-32-44)63(4,5)6/h7-31,33-40,44H,32H2,1-6H3. The second-order valence-corrected chi connectivity index (χ2v) is 29.8. The predicted octanol–water partition coefficient (Wildman–Crippen LogP) is 15.5. The van der Waals surface area contributed by atoms with Crippen molar-refractivity contribution in [1.29, 1.82) is 0 Å². The van der Waals surface area contributed by atoms with E-state index in [9.17, 15) is 0 Å². The Morgan fingerprint density at radius 3 is 1.62 bits per heavy atom. The second-order valence-electron chi connectivity index (χ2n) is 19.7. The van der Waals surface area contributed by atoms with Gasteiger partial charge in [-0.25, -0.2) is 0 Å². The Kier molecular flexibility index (Phi) is 9.27. The molecule has 11 rings (SSSR count). The third-order valence-corrected chi connectivity index (χ3v) is 18.1. The molecule has 0 bridgehead atoms. The van der Waals surface area contributed by atoms with E-state index in [1.54, 1.807) is 0 Å². The molecule has 1 unspecified atom stereocenters. The van der Waals surface area contributed by atoms with Crippen LogP contribution in [-0.2, 0) is 5.41 Å². The van der Waals surface area contributed by atoms with Crippen molar-refractivity contribution < 1.29 is 0 Å². The summed E-state index contributed by atoms with van der Waals surface area (Å²) in [5, 5.41) is 5.56. The summed E-state index contributed by atoms with van der Waals surface area (Å²) >= 11 is 0. The average Bonchev–Trinajstić information content (AvgIpc) is 3.77. The first kappa shape index (κ1) is 39.4. The van der Waals surface area contributed by atoms with Gasteiger partial charge in [-0.15, -0.1) is 0 Å². The molecule has 0 saturated carbocycles. The van der Waals surface area contributed by atoms with Gasteiger partial charge in [0.1, 0.15) is 0 Å². The first-order chi connectivity index (χ1) is 30.5. The van der Waals surface area contributed by atoms with E-state index in [2.05, 4.69) is 249 Å². The number of hydrogen-bond acceptors (Lipinski definition) is 2. The Morgan fingerprint density at radius 2 is 1.02 bits per heavy atom. The number of benzene rings is 8. The molecule has 1 spiro atoms. The number of rotatable bonds is 8. The summed E-state index contributed by atoms with van der Waals surface area (Å²) in [4.78, 5) is 5.09. The van der Waals surface area contributed by atoms with Crippen LogP contribution in [-0.4, -0.2) is 22.2 Å². The van der Waals surface area contributed by atoms with Gasteiger partial charge in [-0.2, -0.15) is 0 Å². The molecule has 0 radical (unpaired) electrons. The quantitative estimate of drug-likeness (QED) is 0.141. The average molecular weight is 847 g/mol. The van der Waals surface area contributed by atoms with Crippen LogP contribution in [0.4, 0.5) is 28.4 Å². The van der Waals surface area contributed by atoms with Crippen LogP contribution < -0.4 is 15.0 Å². The minimum atomic E-state index is -1.50. The number of nitrogens with zero attached hydrogens (tertiary/aromatic N) is 2. The molecule has 0 heterocycles. The minimum absolute atomic E-state index is 0.162. The van der Waals surface area contributed by atoms with E-state index in [-0.39, 0.29) is 6.04 Å². The van der Waals surface area contributed by atoms with E-state index in [4.69, 9.17) is 0 Å². The Balaban J connectivity index is 1.20. The molecule has 8 aromatic rings. The molecule has 3 aliphatic rings. The van der Waals surface area contributed by atoms with Crippen LogP contribution >= 0.6 is 0 Å². The van der Waals surface area contributed by atoms with E-state index in [0.717, 1.165) is 23.5 Å². The molecule has 0 N–H and O–H groups in total. The number of para-hydroxylation sites is 2.